The Morgan fingerprint density at radius 2 is 1.23 bits per heavy atom. The first-order valence-corrected chi connectivity index (χ1v) is 13.2. The van der Waals surface area contributed by atoms with Gasteiger partial charge >= 0.3 is 0 Å². The van der Waals surface area contributed by atoms with Crippen LogP contribution in [0, 0.1) is 5.92 Å². The van der Waals surface area contributed by atoms with Crippen LogP contribution in [0.25, 0.3) is 11.1 Å². The molecule has 9 heteroatoms. The molecule has 0 saturated carbocycles. The van der Waals surface area contributed by atoms with Crippen LogP contribution in [0.15, 0.2) is 84.9 Å². The van der Waals surface area contributed by atoms with Gasteiger partial charge in [0.2, 0.25) is 17.7 Å². The Hall–Kier alpha value is -4.50. The van der Waals surface area contributed by atoms with Gasteiger partial charge in [0.15, 0.2) is 0 Å². The molecule has 6 N–H and O–H groups in total. The summed E-state index contributed by atoms with van der Waals surface area (Å²) in [6.07, 6.45) is 0.459. The first kappa shape index (κ1) is 30.0. The molecule has 9 nitrogen and oxygen atoms in total. The van der Waals surface area contributed by atoms with Crippen LogP contribution >= 0.6 is 0 Å². The van der Waals surface area contributed by atoms with Crippen LogP contribution in [0.5, 0.6) is 0 Å². The van der Waals surface area contributed by atoms with Crippen LogP contribution in [0.3, 0.4) is 0 Å². The summed E-state index contributed by atoms with van der Waals surface area (Å²) in [6.45, 7) is 3.04. The summed E-state index contributed by atoms with van der Waals surface area (Å²) >= 11 is 0. The Balaban J connectivity index is 1.74. The molecule has 0 unspecified atom stereocenters. The van der Waals surface area contributed by atoms with Crippen molar-refractivity contribution in [3.63, 3.8) is 0 Å². The molecule has 0 saturated heterocycles. The van der Waals surface area contributed by atoms with Gasteiger partial charge in [0, 0.05) is 12.0 Å². The second-order valence-electron chi connectivity index (χ2n) is 10.00. The molecule has 210 valence electrons. The van der Waals surface area contributed by atoms with E-state index in [1.165, 1.54) is 0 Å². The van der Waals surface area contributed by atoms with Gasteiger partial charge in [-0.15, -0.1) is 0 Å². The Morgan fingerprint density at radius 1 is 0.700 bits per heavy atom. The fourth-order valence-corrected chi connectivity index (χ4v) is 4.20. The van der Waals surface area contributed by atoms with Gasteiger partial charge in [-0.1, -0.05) is 86.6 Å². The number of aliphatic hydroxyl groups is 1. The van der Waals surface area contributed by atoms with E-state index in [2.05, 4.69) is 16.0 Å². The van der Waals surface area contributed by atoms with Crippen molar-refractivity contribution in [3.05, 3.63) is 96.1 Å². The number of aliphatic hydroxyl groups excluding tert-OH is 1. The second kappa shape index (κ2) is 14.6. The zero-order valence-corrected chi connectivity index (χ0v) is 22.7. The van der Waals surface area contributed by atoms with Crippen molar-refractivity contribution in [2.75, 3.05) is 6.61 Å². The lowest BCUT2D eigenvalue weighted by Gasteiger charge is -2.24. The minimum Gasteiger partial charge on any atom is -0.394 e. The standard InChI is InChI=1S/C31H36N4O5/c1-20(2)17-25(28(32)37)33-31(40)27(19-36)35-30(39)26(18-21-9-5-3-6-10-21)34-29(38)24-15-13-23(14-16-24)22-11-7-4-8-12-22/h3-16,20,25-27,36H,17-19H2,1-2H3,(H2,32,37)(H,33,40)(H,34,38)(H,35,39)/t25-,26-,27-/m0/s1. The highest BCUT2D eigenvalue weighted by molar-refractivity contribution is 5.99. The maximum absolute atomic E-state index is 13.3. The molecule has 0 fully saturated rings. The predicted molar refractivity (Wildman–Crippen MR) is 153 cm³/mol. The summed E-state index contributed by atoms with van der Waals surface area (Å²) in [6, 6.07) is 22.5. The smallest absolute Gasteiger partial charge is 0.251 e. The van der Waals surface area contributed by atoms with Crippen LogP contribution < -0.4 is 21.7 Å². The molecule has 0 aliphatic rings. The number of amides is 4. The molecule has 3 rings (SSSR count). The number of hydrogen-bond donors (Lipinski definition) is 5. The van der Waals surface area contributed by atoms with E-state index in [1.54, 1.807) is 12.1 Å². The van der Waals surface area contributed by atoms with Crippen LogP contribution in [0.1, 0.15) is 36.2 Å². The quantitative estimate of drug-likeness (QED) is 0.224. The number of carbonyl (C=O) groups excluding carboxylic acids is 4. The highest BCUT2D eigenvalue weighted by Crippen LogP contribution is 2.19. The minimum atomic E-state index is -1.35. The molecule has 0 radical (unpaired) electrons. The number of rotatable bonds is 13. The molecule has 0 aliphatic carbocycles. The zero-order valence-electron chi connectivity index (χ0n) is 22.7. The molecule has 3 aromatic carbocycles. The summed E-state index contributed by atoms with van der Waals surface area (Å²) in [4.78, 5) is 51.0. The molecule has 0 bridgehead atoms. The molecule has 0 aliphatic heterocycles. The lowest BCUT2D eigenvalue weighted by Crippen LogP contribution is -2.58. The van der Waals surface area contributed by atoms with E-state index in [9.17, 15) is 24.3 Å². The summed E-state index contributed by atoms with van der Waals surface area (Å²) in [5.74, 6) is -2.51. The maximum Gasteiger partial charge on any atom is 0.251 e. The third-order valence-corrected chi connectivity index (χ3v) is 6.34. The number of hydrogen-bond acceptors (Lipinski definition) is 5. The van der Waals surface area contributed by atoms with Crippen molar-refractivity contribution in [3.8, 4) is 11.1 Å². The second-order valence-corrected chi connectivity index (χ2v) is 10.00. The molecule has 3 aromatic rings. The van der Waals surface area contributed by atoms with Crippen molar-refractivity contribution >= 4 is 23.6 Å². The van der Waals surface area contributed by atoms with Crippen molar-refractivity contribution in [2.45, 2.75) is 44.8 Å². The lowest BCUT2D eigenvalue weighted by atomic mass is 10.0. The monoisotopic (exact) mass is 544 g/mol. The number of benzene rings is 3. The fourth-order valence-electron chi connectivity index (χ4n) is 4.20. The van der Waals surface area contributed by atoms with Gasteiger partial charge in [-0.25, -0.2) is 0 Å². The molecule has 3 atom stereocenters. The number of nitrogens with two attached hydrogens (primary N) is 1. The topological polar surface area (TPSA) is 151 Å². The average molecular weight is 545 g/mol. The molecule has 0 spiro atoms. The van der Waals surface area contributed by atoms with E-state index >= 15 is 0 Å². The number of primary amides is 1. The molecule has 4 amide bonds. The summed E-state index contributed by atoms with van der Waals surface area (Å²) in [5.41, 5.74) is 8.52. The van der Waals surface area contributed by atoms with E-state index in [-0.39, 0.29) is 12.3 Å². The van der Waals surface area contributed by atoms with Crippen LogP contribution in [-0.4, -0.2) is 53.5 Å². The molecule has 0 heterocycles. The van der Waals surface area contributed by atoms with Crippen molar-refractivity contribution < 1.29 is 24.3 Å². The first-order chi connectivity index (χ1) is 19.2. The van der Waals surface area contributed by atoms with Crippen molar-refractivity contribution in [1.82, 2.24) is 16.0 Å². The first-order valence-electron chi connectivity index (χ1n) is 13.2. The van der Waals surface area contributed by atoms with Gasteiger partial charge in [-0.3, -0.25) is 19.2 Å². The highest BCUT2D eigenvalue weighted by atomic mass is 16.3. The van der Waals surface area contributed by atoms with E-state index in [0.29, 0.717) is 12.0 Å². The number of carbonyl (C=O) groups is 4. The summed E-state index contributed by atoms with van der Waals surface area (Å²) in [5, 5.41) is 17.6. The molecular weight excluding hydrogens is 508 g/mol. The van der Waals surface area contributed by atoms with Gasteiger partial charge in [0.1, 0.15) is 18.1 Å². The van der Waals surface area contributed by atoms with E-state index in [1.807, 2.05) is 86.6 Å². The van der Waals surface area contributed by atoms with Crippen LogP contribution in [-0.2, 0) is 20.8 Å². The molecule has 0 aromatic heterocycles. The maximum atomic E-state index is 13.3. The van der Waals surface area contributed by atoms with Gasteiger partial charge in [0.05, 0.1) is 6.61 Å². The van der Waals surface area contributed by atoms with E-state index < -0.39 is 48.4 Å². The largest absolute Gasteiger partial charge is 0.394 e. The van der Waals surface area contributed by atoms with E-state index in [0.717, 1.165) is 16.7 Å². The Bertz CT molecular complexity index is 1280. The fraction of sp³-hybridized carbons (Fsp3) is 0.290. The van der Waals surface area contributed by atoms with E-state index in [4.69, 9.17) is 5.73 Å². The summed E-state index contributed by atoms with van der Waals surface area (Å²) < 4.78 is 0. The van der Waals surface area contributed by atoms with Crippen molar-refractivity contribution in [1.29, 1.82) is 0 Å². The minimum absolute atomic E-state index is 0.0761. The summed E-state index contributed by atoms with van der Waals surface area (Å²) in [7, 11) is 0. The lowest BCUT2D eigenvalue weighted by molar-refractivity contribution is -0.133. The van der Waals surface area contributed by atoms with Gasteiger partial charge in [-0.05, 0) is 41.2 Å². The van der Waals surface area contributed by atoms with Crippen molar-refractivity contribution in [2.24, 2.45) is 11.7 Å². The Kier molecular flexibility index (Phi) is 11.0. The Morgan fingerprint density at radius 3 is 1.77 bits per heavy atom. The molecular formula is C31H36N4O5. The third-order valence-electron chi connectivity index (χ3n) is 6.34. The number of nitrogens with one attached hydrogen (secondary N) is 3. The van der Waals surface area contributed by atoms with Gasteiger partial charge in [0.25, 0.3) is 5.91 Å². The Labute approximate surface area is 234 Å². The van der Waals surface area contributed by atoms with Crippen LogP contribution in [0.2, 0.25) is 0 Å². The third kappa shape index (κ3) is 8.78. The SMILES string of the molecule is CC(C)C[C@H](NC(=O)[C@H](CO)NC(=O)[C@H](Cc1ccccc1)NC(=O)c1ccc(-c2ccccc2)cc1)C(N)=O. The predicted octanol–water partition coefficient (Wildman–Crippen LogP) is 2.19. The zero-order chi connectivity index (χ0) is 29.1. The normalized spacial score (nSPS) is 13.1. The highest BCUT2D eigenvalue weighted by Gasteiger charge is 2.29. The van der Waals surface area contributed by atoms with Crippen LogP contribution in [0.4, 0.5) is 0 Å². The average Bonchev–Trinajstić information content (AvgIpc) is 2.95. The molecule has 40 heavy (non-hydrogen) atoms. The van der Waals surface area contributed by atoms with Gasteiger partial charge < -0.3 is 26.8 Å². The van der Waals surface area contributed by atoms with Gasteiger partial charge in [-0.2, -0.15) is 0 Å².